The Morgan fingerprint density at radius 2 is 1.65 bits per heavy atom. The fraction of sp³-hybridized carbons (Fsp3) is 0.294. The predicted molar refractivity (Wildman–Crippen MR) is 79.5 cm³/mol. The maximum absolute atomic E-state index is 10.5. The molecule has 20 heavy (non-hydrogen) atoms. The Hall–Kier alpha value is -2.00. The van der Waals surface area contributed by atoms with Crippen molar-refractivity contribution in [3.05, 3.63) is 58.7 Å². The molecule has 0 fully saturated rings. The Bertz CT molecular complexity index is 605. The molecule has 106 valence electrons. The normalized spacial score (nSPS) is 12.1. The van der Waals surface area contributed by atoms with Gasteiger partial charge in [0.2, 0.25) is 0 Å². The number of methoxy groups -OCH3 is 2. The van der Waals surface area contributed by atoms with E-state index in [1.165, 1.54) is 0 Å². The van der Waals surface area contributed by atoms with Crippen molar-refractivity contribution in [2.45, 2.75) is 20.0 Å². The summed E-state index contributed by atoms with van der Waals surface area (Å²) in [6, 6.07) is 11.4. The molecule has 0 aliphatic carbocycles. The summed E-state index contributed by atoms with van der Waals surface area (Å²) in [4.78, 5) is 0. The van der Waals surface area contributed by atoms with Crippen molar-refractivity contribution < 1.29 is 14.6 Å². The van der Waals surface area contributed by atoms with Crippen molar-refractivity contribution >= 4 is 0 Å². The lowest BCUT2D eigenvalue weighted by atomic mass is 9.96. The first kappa shape index (κ1) is 14.4. The number of rotatable bonds is 4. The molecule has 2 rings (SSSR count). The summed E-state index contributed by atoms with van der Waals surface area (Å²) in [5.41, 5.74) is 3.76. The number of benzene rings is 2. The van der Waals surface area contributed by atoms with Crippen LogP contribution >= 0.6 is 0 Å². The molecule has 0 saturated carbocycles. The van der Waals surface area contributed by atoms with Crippen LogP contribution in [0.1, 0.15) is 28.4 Å². The minimum absolute atomic E-state index is 0.648. The molecule has 0 bridgehead atoms. The van der Waals surface area contributed by atoms with Crippen molar-refractivity contribution in [2.24, 2.45) is 0 Å². The number of hydrogen-bond acceptors (Lipinski definition) is 3. The van der Waals surface area contributed by atoms with Crippen LogP contribution in [0.25, 0.3) is 0 Å². The van der Waals surface area contributed by atoms with Crippen LogP contribution in [0.4, 0.5) is 0 Å². The molecule has 0 spiro atoms. The fourth-order valence-electron chi connectivity index (χ4n) is 2.33. The molecule has 1 unspecified atom stereocenters. The lowest BCUT2D eigenvalue weighted by molar-refractivity contribution is 0.219. The van der Waals surface area contributed by atoms with Crippen LogP contribution in [-0.4, -0.2) is 19.3 Å². The summed E-state index contributed by atoms with van der Waals surface area (Å²) in [7, 11) is 3.28. The van der Waals surface area contributed by atoms with Crippen LogP contribution < -0.4 is 9.47 Å². The molecule has 0 aromatic heterocycles. The van der Waals surface area contributed by atoms with Gasteiger partial charge in [0.15, 0.2) is 0 Å². The molecule has 0 amide bonds. The second kappa shape index (κ2) is 5.97. The summed E-state index contributed by atoms with van der Waals surface area (Å²) < 4.78 is 10.4. The number of aliphatic hydroxyl groups is 1. The van der Waals surface area contributed by atoms with Gasteiger partial charge in [-0.25, -0.2) is 0 Å². The first-order valence-corrected chi connectivity index (χ1v) is 6.54. The van der Waals surface area contributed by atoms with Gasteiger partial charge in [-0.15, -0.1) is 0 Å². The molecule has 0 heterocycles. The third kappa shape index (κ3) is 2.78. The van der Waals surface area contributed by atoms with Gasteiger partial charge < -0.3 is 14.6 Å². The standard InChI is InChI=1S/C17H20O3/c1-11-10-14(19-3)6-7-15(11)17(18)13-5-8-16(20-4)12(2)9-13/h5-10,17-18H,1-4H3. The summed E-state index contributed by atoms with van der Waals surface area (Å²) in [6.45, 7) is 3.94. The molecule has 3 heteroatoms. The van der Waals surface area contributed by atoms with Gasteiger partial charge in [0.1, 0.15) is 17.6 Å². The highest BCUT2D eigenvalue weighted by molar-refractivity contribution is 5.43. The molecule has 1 atom stereocenters. The first-order valence-electron chi connectivity index (χ1n) is 6.54. The Balaban J connectivity index is 2.35. The van der Waals surface area contributed by atoms with E-state index < -0.39 is 6.10 Å². The van der Waals surface area contributed by atoms with E-state index in [4.69, 9.17) is 9.47 Å². The largest absolute Gasteiger partial charge is 0.497 e. The van der Waals surface area contributed by atoms with E-state index in [1.807, 2.05) is 50.2 Å². The van der Waals surface area contributed by atoms with Gasteiger partial charge in [-0.05, 0) is 60.4 Å². The van der Waals surface area contributed by atoms with Crippen molar-refractivity contribution in [3.8, 4) is 11.5 Å². The molecule has 2 aromatic rings. The number of hydrogen-bond donors (Lipinski definition) is 1. The zero-order valence-corrected chi connectivity index (χ0v) is 12.3. The molecule has 0 aliphatic heterocycles. The van der Waals surface area contributed by atoms with Crippen LogP contribution in [0, 0.1) is 13.8 Å². The maximum atomic E-state index is 10.5. The lowest BCUT2D eigenvalue weighted by Gasteiger charge is -2.16. The topological polar surface area (TPSA) is 38.7 Å². The van der Waals surface area contributed by atoms with Gasteiger partial charge >= 0.3 is 0 Å². The van der Waals surface area contributed by atoms with Gasteiger partial charge in [-0.1, -0.05) is 12.1 Å². The molecular formula is C17H20O3. The van der Waals surface area contributed by atoms with E-state index in [-0.39, 0.29) is 0 Å². The van der Waals surface area contributed by atoms with Crippen molar-refractivity contribution in [1.29, 1.82) is 0 Å². The van der Waals surface area contributed by atoms with Crippen LogP contribution in [-0.2, 0) is 0 Å². The Morgan fingerprint density at radius 1 is 0.900 bits per heavy atom. The highest BCUT2D eigenvalue weighted by atomic mass is 16.5. The smallest absolute Gasteiger partial charge is 0.121 e. The van der Waals surface area contributed by atoms with Crippen molar-refractivity contribution in [2.75, 3.05) is 14.2 Å². The van der Waals surface area contributed by atoms with Crippen LogP contribution in [0.2, 0.25) is 0 Å². The fourth-order valence-corrected chi connectivity index (χ4v) is 2.33. The Labute approximate surface area is 119 Å². The van der Waals surface area contributed by atoms with Crippen LogP contribution in [0.3, 0.4) is 0 Å². The van der Waals surface area contributed by atoms with E-state index in [0.29, 0.717) is 0 Å². The number of aryl methyl sites for hydroxylation is 2. The number of aliphatic hydroxyl groups excluding tert-OH is 1. The third-order valence-electron chi connectivity index (χ3n) is 3.51. The Morgan fingerprint density at radius 3 is 2.20 bits per heavy atom. The van der Waals surface area contributed by atoms with E-state index in [1.54, 1.807) is 14.2 Å². The van der Waals surface area contributed by atoms with Crippen LogP contribution in [0.5, 0.6) is 11.5 Å². The first-order chi connectivity index (χ1) is 9.56. The molecule has 2 aromatic carbocycles. The molecular weight excluding hydrogens is 252 g/mol. The van der Waals surface area contributed by atoms with Gasteiger partial charge in [0.05, 0.1) is 14.2 Å². The highest BCUT2D eigenvalue weighted by Crippen LogP contribution is 2.30. The van der Waals surface area contributed by atoms with Gasteiger partial charge in [-0.3, -0.25) is 0 Å². The molecule has 0 saturated heterocycles. The van der Waals surface area contributed by atoms with E-state index >= 15 is 0 Å². The zero-order valence-electron chi connectivity index (χ0n) is 12.3. The average molecular weight is 272 g/mol. The lowest BCUT2D eigenvalue weighted by Crippen LogP contribution is -2.03. The second-order valence-electron chi connectivity index (χ2n) is 4.85. The van der Waals surface area contributed by atoms with Crippen molar-refractivity contribution in [1.82, 2.24) is 0 Å². The second-order valence-corrected chi connectivity index (χ2v) is 4.85. The molecule has 0 radical (unpaired) electrons. The Kier molecular flexibility index (Phi) is 4.30. The summed E-state index contributed by atoms with van der Waals surface area (Å²) >= 11 is 0. The molecule has 3 nitrogen and oxygen atoms in total. The summed E-state index contributed by atoms with van der Waals surface area (Å²) in [5, 5.41) is 10.5. The maximum Gasteiger partial charge on any atom is 0.121 e. The highest BCUT2D eigenvalue weighted by Gasteiger charge is 2.14. The third-order valence-corrected chi connectivity index (χ3v) is 3.51. The van der Waals surface area contributed by atoms with Crippen LogP contribution in [0.15, 0.2) is 36.4 Å². The SMILES string of the molecule is COc1ccc(C(O)c2ccc(OC)c(C)c2)c(C)c1. The van der Waals surface area contributed by atoms with Gasteiger partial charge in [0, 0.05) is 0 Å². The number of ether oxygens (including phenoxy) is 2. The minimum Gasteiger partial charge on any atom is -0.497 e. The minimum atomic E-state index is -0.648. The van der Waals surface area contributed by atoms with Gasteiger partial charge in [0.25, 0.3) is 0 Å². The zero-order chi connectivity index (χ0) is 14.7. The molecule has 0 aliphatic rings. The monoisotopic (exact) mass is 272 g/mol. The van der Waals surface area contributed by atoms with E-state index in [9.17, 15) is 5.11 Å². The average Bonchev–Trinajstić information content (AvgIpc) is 2.46. The summed E-state index contributed by atoms with van der Waals surface area (Å²) in [5.74, 6) is 1.62. The summed E-state index contributed by atoms with van der Waals surface area (Å²) in [6.07, 6.45) is -0.648. The van der Waals surface area contributed by atoms with Crippen molar-refractivity contribution in [3.63, 3.8) is 0 Å². The van der Waals surface area contributed by atoms with Gasteiger partial charge in [-0.2, -0.15) is 0 Å². The predicted octanol–water partition coefficient (Wildman–Crippen LogP) is 3.40. The van der Waals surface area contributed by atoms with E-state index in [2.05, 4.69) is 0 Å². The molecule has 1 N–H and O–H groups in total. The quantitative estimate of drug-likeness (QED) is 0.927. The van der Waals surface area contributed by atoms with E-state index in [0.717, 1.165) is 33.8 Å².